The Hall–Kier alpha value is -5.34. The standard InChI is InChI=1S/C34H27BrFN7O2/c1-37-28-9-6-8-27(30(28)36)31-32(35)43-34(39-29(41-43)19-24-7-4-5-18-38-24)33(40-31)42(20-22-10-14-25(44-2)15-11-22)21-23-12-16-26(45-3)17-13-23/h4-18H,19-21H2,2-3H3. The van der Waals surface area contributed by atoms with E-state index in [2.05, 4.69) is 30.7 Å². The molecular weight excluding hydrogens is 637 g/mol. The topological polar surface area (TPSA) is 82.0 Å². The molecule has 0 aliphatic carbocycles. The van der Waals surface area contributed by atoms with E-state index in [9.17, 15) is 0 Å². The average Bonchev–Trinajstić information content (AvgIpc) is 3.50. The molecule has 3 aromatic carbocycles. The van der Waals surface area contributed by atoms with Crippen LogP contribution in [0.25, 0.3) is 21.7 Å². The van der Waals surface area contributed by atoms with E-state index in [4.69, 9.17) is 31.1 Å². The molecular formula is C34H27BrFN7O2. The lowest BCUT2D eigenvalue weighted by Crippen LogP contribution is -2.24. The highest BCUT2D eigenvalue weighted by atomic mass is 79.9. The monoisotopic (exact) mass is 663 g/mol. The van der Waals surface area contributed by atoms with E-state index in [0.717, 1.165) is 28.3 Å². The van der Waals surface area contributed by atoms with Gasteiger partial charge in [-0.1, -0.05) is 48.5 Å². The molecule has 3 aromatic heterocycles. The van der Waals surface area contributed by atoms with Crippen molar-refractivity contribution >= 4 is 33.1 Å². The van der Waals surface area contributed by atoms with Crippen LogP contribution in [-0.2, 0) is 19.5 Å². The molecule has 0 bridgehead atoms. The van der Waals surface area contributed by atoms with E-state index >= 15 is 4.39 Å². The van der Waals surface area contributed by atoms with Crippen LogP contribution in [0.3, 0.4) is 0 Å². The van der Waals surface area contributed by atoms with Crippen LogP contribution >= 0.6 is 15.9 Å². The number of anilines is 1. The molecule has 0 spiro atoms. The zero-order valence-electron chi connectivity index (χ0n) is 24.5. The summed E-state index contributed by atoms with van der Waals surface area (Å²) in [4.78, 5) is 19.8. The number of nitrogens with zero attached hydrogens (tertiary/aromatic N) is 7. The maximum Gasteiger partial charge on any atom is 0.222 e. The van der Waals surface area contributed by atoms with E-state index in [1.807, 2.05) is 66.7 Å². The molecule has 0 aliphatic rings. The lowest BCUT2D eigenvalue weighted by atomic mass is 10.1. The van der Waals surface area contributed by atoms with Crippen molar-refractivity contribution in [1.29, 1.82) is 0 Å². The lowest BCUT2D eigenvalue weighted by molar-refractivity contribution is 0.414. The summed E-state index contributed by atoms with van der Waals surface area (Å²) in [6.45, 7) is 8.35. The Bertz CT molecular complexity index is 1940. The van der Waals surface area contributed by atoms with Crippen molar-refractivity contribution in [3.8, 4) is 22.8 Å². The van der Waals surface area contributed by atoms with Gasteiger partial charge in [-0.05, 0) is 63.5 Å². The summed E-state index contributed by atoms with van der Waals surface area (Å²) in [7, 11) is 3.26. The van der Waals surface area contributed by atoms with Gasteiger partial charge >= 0.3 is 0 Å². The predicted molar refractivity (Wildman–Crippen MR) is 173 cm³/mol. The Balaban J connectivity index is 1.54. The van der Waals surface area contributed by atoms with Gasteiger partial charge in [0.05, 0.1) is 27.2 Å². The third-order valence-electron chi connectivity index (χ3n) is 7.23. The van der Waals surface area contributed by atoms with Gasteiger partial charge in [-0.3, -0.25) is 4.98 Å². The first-order valence-electron chi connectivity index (χ1n) is 14.0. The quantitative estimate of drug-likeness (QED) is 0.141. The van der Waals surface area contributed by atoms with Crippen molar-refractivity contribution < 1.29 is 13.9 Å². The van der Waals surface area contributed by atoms with Crippen LogP contribution in [0, 0.1) is 12.4 Å². The number of methoxy groups -OCH3 is 2. The normalized spacial score (nSPS) is 10.9. The number of halogens is 2. The van der Waals surface area contributed by atoms with Crippen molar-refractivity contribution in [2.24, 2.45) is 0 Å². The number of hydrogen-bond acceptors (Lipinski definition) is 7. The number of hydrogen-bond donors (Lipinski definition) is 0. The van der Waals surface area contributed by atoms with E-state index in [0.29, 0.717) is 47.1 Å². The Morgan fingerprint density at radius 2 is 1.53 bits per heavy atom. The van der Waals surface area contributed by atoms with Gasteiger partial charge < -0.3 is 14.4 Å². The SMILES string of the molecule is [C-]#[N+]c1cccc(-c2nc(N(Cc3ccc(OC)cc3)Cc3ccc(OC)cc3)c3nc(Cc4ccccn4)nn3c2Br)c1F. The lowest BCUT2D eigenvalue weighted by Gasteiger charge is -2.25. The fraction of sp³-hybridized carbons (Fsp3) is 0.147. The number of ether oxygens (including phenoxy) is 2. The third kappa shape index (κ3) is 6.32. The van der Waals surface area contributed by atoms with E-state index < -0.39 is 5.82 Å². The van der Waals surface area contributed by atoms with Crippen molar-refractivity contribution in [3.05, 3.63) is 136 Å². The molecule has 45 heavy (non-hydrogen) atoms. The fourth-order valence-electron chi connectivity index (χ4n) is 4.96. The number of rotatable bonds is 10. The van der Waals surface area contributed by atoms with E-state index in [1.165, 1.54) is 6.07 Å². The molecule has 0 saturated heterocycles. The van der Waals surface area contributed by atoms with Crippen LogP contribution in [0.1, 0.15) is 22.6 Å². The summed E-state index contributed by atoms with van der Waals surface area (Å²) >= 11 is 3.64. The number of fused-ring (bicyclic) bond motifs is 1. The minimum absolute atomic E-state index is 0.0920. The van der Waals surface area contributed by atoms with Gasteiger partial charge in [0.2, 0.25) is 5.69 Å². The second-order valence-electron chi connectivity index (χ2n) is 10.1. The second-order valence-corrected chi connectivity index (χ2v) is 10.9. The van der Waals surface area contributed by atoms with Gasteiger partial charge in [0.15, 0.2) is 17.3 Å². The molecule has 0 saturated carbocycles. The smallest absolute Gasteiger partial charge is 0.222 e. The average molecular weight is 665 g/mol. The summed E-state index contributed by atoms with van der Waals surface area (Å²) in [6.07, 6.45) is 2.12. The third-order valence-corrected chi connectivity index (χ3v) is 7.95. The van der Waals surface area contributed by atoms with Gasteiger partial charge in [0.1, 0.15) is 27.6 Å². The molecule has 6 rings (SSSR count). The zero-order chi connectivity index (χ0) is 31.3. The molecule has 0 aliphatic heterocycles. The first kappa shape index (κ1) is 29.7. The molecule has 11 heteroatoms. The van der Waals surface area contributed by atoms with Crippen LogP contribution in [0.4, 0.5) is 15.9 Å². The number of pyridine rings is 1. The van der Waals surface area contributed by atoms with Crippen LogP contribution in [0.15, 0.2) is 95.7 Å². The fourth-order valence-corrected chi connectivity index (χ4v) is 5.51. The summed E-state index contributed by atoms with van der Waals surface area (Å²) in [5, 5.41) is 4.80. The van der Waals surface area contributed by atoms with Gasteiger partial charge in [0.25, 0.3) is 0 Å². The maximum absolute atomic E-state index is 15.6. The molecule has 0 radical (unpaired) electrons. The van der Waals surface area contributed by atoms with Crippen LogP contribution < -0.4 is 14.4 Å². The molecule has 3 heterocycles. The molecule has 0 fully saturated rings. The summed E-state index contributed by atoms with van der Waals surface area (Å²) in [5.74, 6) is 1.86. The molecule has 224 valence electrons. The van der Waals surface area contributed by atoms with Gasteiger partial charge in [-0.15, -0.1) is 5.10 Å². The Morgan fingerprint density at radius 3 is 2.11 bits per heavy atom. The molecule has 0 N–H and O–H groups in total. The Labute approximate surface area is 267 Å². The van der Waals surface area contributed by atoms with Crippen molar-refractivity contribution in [2.75, 3.05) is 19.1 Å². The molecule has 0 amide bonds. The predicted octanol–water partition coefficient (Wildman–Crippen LogP) is 7.45. The number of benzene rings is 3. The number of aromatic nitrogens is 5. The highest BCUT2D eigenvalue weighted by Crippen LogP contribution is 2.36. The van der Waals surface area contributed by atoms with Gasteiger partial charge in [-0.2, -0.15) is 0 Å². The molecule has 0 unspecified atom stereocenters. The van der Waals surface area contributed by atoms with E-state index in [1.54, 1.807) is 37.1 Å². The maximum atomic E-state index is 15.6. The van der Waals surface area contributed by atoms with Crippen LogP contribution in [0.5, 0.6) is 11.5 Å². The first-order valence-corrected chi connectivity index (χ1v) is 14.8. The second kappa shape index (κ2) is 13.1. The van der Waals surface area contributed by atoms with Crippen LogP contribution in [-0.4, -0.2) is 38.8 Å². The van der Waals surface area contributed by atoms with Crippen molar-refractivity contribution in [2.45, 2.75) is 19.5 Å². The summed E-state index contributed by atoms with van der Waals surface area (Å²) < 4.78 is 28.4. The van der Waals surface area contributed by atoms with E-state index in [-0.39, 0.29) is 11.3 Å². The minimum atomic E-state index is -0.656. The summed E-state index contributed by atoms with van der Waals surface area (Å²) in [6, 6.07) is 26.0. The Morgan fingerprint density at radius 1 is 0.867 bits per heavy atom. The molecule has 0 atom stereocenters. The summed E-state index contributed by atoms with van der Waals surface area (Å²) in [5.41, 5.74) is 3.68. The zero-order valence-corrected chi connectivity index (χ0v) is 26.1. The van der Waals surface area contributed by atoms with Crippen molar-refractivity contribution in [1.82, 2.24) is 24.6 Å². The van der Waals surface area contributed by atoms with Gasteiger partial charge in [-0.25, -0.2) is 23.7 Å². The highest BCUT2D eigenvalue weighted by molar-refractivity contribution is 9.10. The highest BCUT2D eigenvalue weighted by Gasteiger charge is 2.25. The van der Waals surface area contributed by atoms with Gasteiger partial charge in [0, 0.05) is 30.5 Å². The van der Waals surface area contributed by atoms with Crippen LogP contribution in [0.2, 0.25) is 0 Å². The molecule has 6 aromatic rings. The largest absolute Gasteiger partial charge is 0.497 e. The Kier molecular flexibility index (Phi) is 8.66. The van der Waals surface area contributed by atoms with Crippen molar-refractivity contribution in [3.63, 3.8) is 0 Å². The first-order chi connectivity index (χ1) is 22.0. The minimum Gasteiger partial charge on any atom is -0.497 e. The molecule has 9 nitrogen and oxygen atoms in total.